The van der Waals surface area contributed by atoms with E-state index >= 15 is 0 Å². The van der Waals surface area contributed by atoms with Gasteiger partial charge < -0.3 is 4.90 Å². The van der Waals surface area contributed by atoms with E-state index in [1.165, 1.54) is 5.56 Å². The van der Waals surface area contributed by atoms with E-state index in [0.717, 1.165) is 39.5 Å². The molecule has 1 heterocycles. The lowest BCUT2D eigenvalue weighted by molar-refractivity contribution is -0.107. The Balaban J connectivity index is 2.01. The molecule has 1 aromatic heterocycles. The van der Waals surface area contributed by atoms with E-state index < -0.39 is 0 Å². The molecule has 0 saturated heterocycles. The monoisotopic (exact) mass is 312 g/mol. The molecule has 0 unspecified atom stereocenters. The first kappa shape index (κ1) is 14.4. The lowest BCUT2D eigenvalue weighted by Crippen LogP contribution is -2.13. The first-order chi connectivity index (χ1) is 11.8. The molecule has 0 saturated carbocycles. The summed E-state index contributed by atoms with van der Waals surface area (Å²) in [4.78, 5) is 17.3. The Labute approximate surface area is 140 Å². The molecule has 0 aliphatic carbocycles. The SMILES string of the molecule is CN(C=O)c1ccc(-c2c3ccccc3nc3ccccc23)cc1. The maximum Gasteiger partial charge on any atom is 0.213 e. The molecule has 0 bridgehead atoms. The van der Waals surface area contributed by atoms with Crippen molar-refractivity contribution in [3.8, 4) is 11.1 Å². The maximum atomic E-state index is 10.9. The second-order valence-electron chi connectivity index (χ2n) is 5.78. The van der Waals surface area contributed by atoms with Crippen LogP contribution in [0.5, 0.6) is 0 Å². The molecule has 3 nitrogen and oxygen atoms in total. The Hall–Kier alpha value is -3.20. The van der Waals surface area contributed by atoms with Gasteiger partial charge in [-0.2, -0.15) is 0 Å². The van der Waals surface area contributed by atoms with Crippen molar-refractivity contribution in [3.63, 3.8) is 0 Å². The van der Waals surface area contributed by atoms with Gasteiger partial charge >= 0.3 is 0 Å². The van der Waals surface area contributed by atoms with Crippen LogP contribution in [0.15, 0.2) is 72.8 Å². The third kappa shape index (κ3) is 2.31. The molecule has 0 atom stereocenters. The van der Waals surface area contributed by atoms with Gasteiger partial charge in [-0.15, -0.1) is 0 Å². The maximum absolute atomic E-state index is 10.9. The molecule has 24 heavy (non-hydrogen) atoms. The van der Waals surface area contributed by atoms with Gasteiger partial charge in [-0.3, -0.25) is 4.79 Å². The van der Waals surface area contributed by atoms with Crippen molar-refractivity contribution in [2.24, 2.45) is 0 Å². The van der Waals surface area contributed by atoms with E-state index in [1.54, 1.807) is 11.9 Å². The summed E-state index contributed by atoms with van der Waals surface area (Å²) in [6.45, 7) is 0. The summed E-state index contributed by atoms with van der Waals surface area (Å²) >= 11 is 0. The molecule has 0 aliphatic heterocycles. The second kappa shape index (κ2) is 5.78. The number of hydrogen-bond donors (Lipinski definition) is 0. The number of pyridine rings is 1. The van der Waals surface area contributed by atoms with Crippen LogP contribution in [0.4, 0.5) is 5.69 Å². The first-order valence-corrected chi connectivity index (χ1v) is 7.84. The average molecular weight is 312 g/mol. The number of fused-ring (bicyclic) bond motifs is 2. The summed E-state index contributed by atoms with van der Waals surface area (Å²) < 4.78 is 0. The zero-order chi connectivity index (χ0) is 16.5. The number of para-hydroxylation sites is 2. The van der Waals surface area contributed by atoms with Gasteiger partial charge in [0.1, 0.15) is 0 Å². The largest absolute Gasteiger partial charge is 0.318 e. The number of carbonyl (C=O) groups excluding carboxylic acids is 1. The van der Waals surface area contributed by atoms with Gasteiger partial charge in [0.2, 0.25) is 6.41 Å². The standard InChI is InChI=1S/C21H16N2O/c1-23(14-24)16-12-10-15(11-13-16)21-17-6-2-4-8-19(17)22-20-9-5-3-7-18(20)21/h2-14H,1H3. The predicted molar refractivity (Wildman–Crippen MR) is 99.2 cm³/mol. The topological polar surface area (TPSA) is 33.2 Å². The van der Waals surface area contributed by atoms with Gasteiger partial charge in [-0.25, -0.2) is 4.98 Å². The van der Waals surface area contributed by atoms with Crippen LogP contribution in [-0.4, -0.2) is 18.4 Å². The molecular formula is C21H16N2O. The second-order valence-corrected chi connectivity index (χ2v) is 5.78. The highest BCUT2D eigenvalue weighted by Gasteiger charge is 2.11. The molecule has 0 radical (unpaired) electrons. The van der Waals surface area contributed by atoms with Crippen molar-refractivity contribution in [2.75, 3.05) is 11.9 Å². The minimum Gasteiger partial charge on any atom is -0.318 e. The van der Waals surface area contributed by atoms with E-state index in [0.29, 0.717) is 0 Å². The first-order valence-electron chi connectivity index (χ1n) is 7.84. The summed E-state index contributed by atoms with van der Waals surface area (Å²) in [6.07, 6.45) is 0.812. The van der Waals surface area contributed by atoms with Crippen LogP contribution < -0.4 is 4.90 Å². The lowest BCUT2D eigenvalue weighted by Gasteiger charge is -2.14. The Morgan fingerprint density at radius 1 is 0.792 bits per heavy atom. The van der Waals surface area contributed by atoms with Crippen LogP contribution in [0.25, 0.3) is 32.9 Å². The van der Waals surface area contributed by atoms with Crippen molar-refractivity contribution >= 4 is 33.9 Å². The zero-order valence-corrected chi connectivity index (χ0v) is 13.3. The highest BCUT2D eigenvalue weighted by Crippen LogP contribution is 2.35. The minimum absolute atomic E-state index is 0.812. The number of rotatable bonds is 3. The molecule has 116 valence electrons. The summed E-state index contributed by atoms with van der Waals surface area (Å²) in [5.74, 6) is 0. The Bertz CT molecular complexity index is 985. The van der Waals surface area contributed by atoms with E-state index in [1.807, 2.05) is 48.5 Å². The van der Waals surface area contributed by atoms with Crippen molar-refractivity contribution in [2.45, 2.75) is 0 Å². The van der Waals surface area contributed by atoms with Crippen molar-refractivity contribution in [3.05, 3.63) is 72.8 Å². The summed E-state index contributed by atoms with van der Waals surface area (Å²) in [5, 5.41) is 2.26. The minimum atomic E-state index is 0.812. The molecule has 0 spiro atoms. The van der Waals surface area contributed by atoms with E-state index in [2.05, 4.69) is 24.3 Å². The molecule has 0 N–H and O–H groups in total. The van der Waals surface area contributed by atoms with E-state index in [4.69, 9.17) is 4.98 Å². The molecule has 1 amide bonds. The number of aromatic nitrogens is 1. The van der Waals surface area contributed by atoms with Crippen molar-refractivity contribution in [1.82, 2.24) is 4.98 Å². The van der Waals surface area contributed by atoms with Crippen LogP contribution in [0.1, 0.15) is 0 Å². The fourth-order valence-corrected chi connectivity index (χ4v) is 3.08. The van der Waals surface area contributed by atoms with Gasteiger partial charge in [-0.1, -0.05) is 48.5 Å². The smallest absolute Gasteiger partial charge is 0.213 e. The van der Waals surface area contributed by atoms with Crippen molar-refractivity contribution in [1.29, 1.82) is 0 Å². The molecule has 4 rings (SSSR count). The quantitative estimate of drug-likeness (QED) is 0.407. The Morgan fingerprint density at radius 2 is 1.33 bits per heavy atom. The van der Waals surface area contributed by atoms with Gasteiger partial charge in [0, 0.05) is 29.1 Å². The summed E-state index contributed by atoms with van der Waals surface area (Å²) in [5.41, 5.74) is 5.14. The Kier molecular flexibility index (Phi) is 3.47. The van der Waals surface area contributed by atoms with Crippen LogP contribution in [0, 0.1) is 0 Å². The molecule has 0 aliphatic rings. The average Bonchev–Trinajstić information content (AvgIpc) is 2.65. The van der Waals surface area contributed by atoms with Gasteiger partial charge in [-0.05, 0) is 29.8 Å². The highest BCUT2D eigenvalue weighted by molar-refractivity contribution is 6.09. The van der Waals surface area contributed by atoms with Crippen LogP contribution in [-0.2, 0) is 4.79 Å². The van der Waals surface area contributed by atoms with E-state index in [-0.39, 0.29) is 0 Å². The zero-order valence-electron chi connectivity index (χ0n) is 13.3. The molecule has 4 aromatic rings. The summed E-state index contributed by atoms with van der Waals surface area (Å²) in [7, 11) is 1.75. The number of anilines is 1. The van der Waals surface area contributed by atoms with Gasteiger partial charge in [0.25, 0.3) is 0 Å². The van der Waals surface area contributed by atoms with Crippen LogP contribution in [0.3, 0.4) is 0 Å². The molecule has 3 heteroatoms. The highest BCUT2D eigenvalue weighted by atomic mass is 16.1. The van der Waals surface area contributed by atoms with Gasteiger partial charge in [0.05, 0.1) is 11.0 Å². The Morgan fingerprint density at radius 3 is 1.88 bits per heavy atom. The molecule has 3 aromatic carbocycles. The number of nitrogens with zero attached hydrogens (tertiary/aromatic N) is 2. The van der Waals surface area contributed by atoms with Crippen LogP contribution >= 0.6 is 0 Å². The molecule has 0 fully saturated rings. The number of hydrogen-bond acceptors (Lipinski definition) is 2. The third-order valence-electron chi connectivity index (χ3n) is 4.31. The third-order valence-corrected chi connectivity index (χ3v) is 4.31. The van der Waals surface area contributed by atoms with Gasteiger partial charge in [0.15, 0.2) is 0 Å². The van der Waals surface area contributed by atoms with Crippen molar-refractivity contribution < 1.29 is 4.79 Å². The fraction of sp³-hybridized carbons (Fsp3) is 0.0476. The fourth-order valence-electron chi connectivity index (χ4n) is 3.08. The number of benzene rings is 3. The number of carbonyl (C=O) groups is 1. The predicted octanol–water partition coefficient (Wildman–Crippen LogP) is 4.65. The van der Waals surface area contributed by atoms with Crippen LogP contribution in [0.2, 0.25) is 0 Å². The summed E-state index contributed by atoms with van der Waals surface area (Å²) in [6, 6.07) is 24.4. The normalized spacial score (nSPS) is 10.9. The number of amides is 1. The molecular weight excluding hydrogens is 296 g/mol. The van der Waals surface area contributed by atoms with E-state index in [9.17, 15) is 4.79 Å². The lowest BCUT2D eigenvalue weighted by atomic mass is 9.96.